The zero-order chi connectivity index (χ0) is 30.2. The summed E-state index contributed by atoms with van der Waals surface area (Å²) in [6.07, 6.45) is -3.58. The first-order valence-electron chi connectivity index (χ1n) is 13.2. The number of rotatable bonds is 3. The van der Waals surface area contributed by atoms with Crippen LogP contribution in [0.15, 0.2) is 40.5 Å². The molecule has 1 amide bonds. The average Bonchev–Trinajstić information content (AvgIpc) is 3.32. The van der Waals surface area contributed by atoms with Crippen molar-refractivity contribution in [3.63, 3.8) is 0 Å². The topological polar surface area (TPSA) is 97.4 Å². The molecule has 1 saturated heterocycles. The van der Waals surface area contributed by atoms with Gasteiger partial charge in [0.05, 0.1) is 21.3 Å². The van der Waals surface area contributed by atoms with Crippen molar-refractivity contribution >= 4 is 61.1 Å². The number of nitrogens with two attached hydrogens (primary N) is 1. The lowest BCUT2D eigenvalue weighted by Crippen LogP contribution is -2.58. The Balaban J connectivity index is 1.67. The molecule has 8 nitrogen and oxygen atoms in total. The number of carbonyl (C=O) groups excluding carboxylic acids is 1. The molecule has 2 aromatic heterocycles. The number of alkyl halides is 3. The van der Waals surface area contributed by atoms with Crippen molar-refractivity contribution in [1.82, 2.24) is 19.4 Å². The fourth-order valence-corrected chi connectivity index (χ4v) is 8.18. The number of benzene rings is 2. The largest absolute Gasteiger partial charge is 0.417 e. The van der Waals surface area contributed by atoms with Crippen LogP contribution in [0, 0.1) is 5.82 Å². The summed E-state index contributed by atoms with van der Waals surface area (Å²) in [6.45, 7) is 9.56. The van der Waals surface area contributed by atoms with Crippen LogP contribution >= 0.6 is 23.1 Å². The maximum atomic E-state index is 14.9. The van der Waals surface area contributed by atoms with Crippen LogP contribution in [0.3, 0.4) is 0 Å². The Morgan fingerprint density at radius 2 is 1.83 bits per heavy atom. The lowest BCUT2D eigenvalue weighted by Gasteiger charge is -2.45. The second-order valence-corrected chi connectivity index (χ2v) is 12.7. The predicted octanol–water partition coefficient (Wildman–Crippen LogP) is 5.69. The van der Waals surface area contributed by atoms with Crippen LogP contribution in [-0.2, 0) is 11.0 Å². The Kier molecular flexibility index (Phi) is 6.76. The molecule has 6 rings (SSSR count). The highest BCUT2D eigenvalue weighted by Crippen LogP contribution is 2.51. The van der Waals surface area contributed by atoms with Gasteiger partial charge in [0.25, 0.3) is 0 Å². The standard InChI is InChI=1S/C28H26F4N6O2S2/c1-5-19(39)37-12(2)9-36(10-13(37)3)25-16-8-17(28(30,31)32)20(15-6-7-18(29)23-21(15)34-26(33)42-23)24-22(16)38(27(40)35-25)14(4)11-41-24/h5-8,12-14H,1,9-11H2,2-4H3,(H2,33,34). The number of halogens is 4. The normalized spacial score (nSPS) is 20.9. The number of nitrogen functional groups attached to an aromatic ring is 1. The van der Waals surface area contributed by atoms with E-state index < -0.39 is 23.2 Å². The molecule has 0 bridgehead atoms. The molecule has 3 unspecified atom stereocenters. The SMILES string of the molecule is C=CC(=O)N1C(C)CN(c2nc(=O)n3c4c(c(-c5ccc(F)c6sc(N)nc56)c(C(F)(F)F)cc24)SCC3C)CC1C. The van der Waals surface area contributed by atoms with Crippen molar-refractivity contribution in [2.75, 3.05) is 29.5 Å². The van der Waals surface area contributed by atoms with Crippen LogP contribution in [0.1, 0.15) is 32.4 Å². The monoisotopic (exact) mass is 618 g/mol. The molecular formula is C28H26F4N6O2S2. The predicted molar refractivity (Wildman–Crippen MR) is 158 cm³/mol. The molecule has 2 N–H and O–H groups in total. The van der Waals surface area contributed by atoms with Crippen LogP contribution < -0.4 is 16.3 Å². The zero-order valence-electron chi connectivity index (χ0n) is 22.8. The van der Waals surface area contributed by atoms with Gasteiger partial charge in [0.1, 0.15) is 11.6 Å². The quantitative estimate of drug-likeness (QED) is 0.233. The van der Waals surface area contributed by atoms with E-state index in [4.69, 9.17) is 5.73 Å². The van der Waals surface area contributed by atoms with Crippen molar-refractivity contribution in [2.45, 2.75) is 50.0 Å². The van der Waals surface area contributed by atoms with E-state index in [1.165, 1.54) is 28.5 Å². The summed E-state index contributed by atoms with van der Waals surface area (Å²) in [5, 5.41) is 0.208. The molecule has 0 saturated carbocycles. The molecule has 42 heavy (non-hydrogen) atoms. The van der Waals surface area contributed by atoms with E-state index >= 15 is 0 Å². The highest BCUT2D eigenvalue weighted by molar-refractivity contribution is 7.99. The third kappa shape index (κ3) is 4.34. The molecule has 0 radical (unpaired) electrons. The van der Waals surface area contributed by atoms with E-state index in [0.717, 1.165) is 23.5 Å². The number of amides is 1. The fraction of sp³-hybridized carbons (Fsp3) is 0.357. The number of thiazole rings is 1. The average molecular weight is 619 g/mol. The second kappa shape index (κ2) is 9.97. The molecule has 2 aromatic carbocycles. The van der Waals surface area contributed by atoms with Crippen molar-refractivity contribution in [3.05, 3.63) is 52.7 Å². The molecule has 1 fully saturated rings. The summed E-state index contributed by atoms with van der Waals surface area (Å²) < 4.78 is 61.0. The number of hydrogen-bond acceptors (Lipinski definition) is 8. The summed E-state index contributed by atoms with van der Waals surface area (Å²) in [4.78, 5) is 38.2. The van der Waals surface area contributed by atoms with Crippen molar-refractivity contribution in [1.29, 1.82) is 0 Å². The Hall–Kier alpha value is -3.65. The number of hydrogen-bond donors (Lipinski definition) is 1. The first kappa shape index (κ1) is 28.5. The molecular weight excluding hydrogens is 592 g/mol. The van der Waals surface area contributed by atoms with Gasteiger partial charge >= 0.3 is 11.9 Å². The Morgan fingerprint density at radius 3 is 2.48 bits per heavy atom. The molecule has 2 aliphatic rings. The summed E-state index contributed by atoms with van der Waals surface area (Å²) in [5.74, 6) is -0.419. The third-order valence-electron chi connectivity index (χ3n) is 7.79. The molecule has 4 heterocycles. The molecule has 3 atom stereocenters. The Labute approximate surface area is 245 Å². The number of aromatic nitrogens is 3. The molecule has 220 valence electrons. The minimum atomic E-state index is -4.81. The Bertz CT molecular complexity index is 1840. The van der Waals surface area contributed by atoms with Gasteiger partial charge in [-0.3, -0.25) is 9.36 Å². The Morgan fingerprint density at radius 1 is 1.14 bits per heavy atom. The van der Waals surface area contributed by atoms with Crippen LogP contribution in [0.2, 0.25) is 0 Å². The maximum Gasteiger partial charge on any atom is 0.417 e. The fourth-order valence-electron chi connectivity index (χ4n) is 6.15. The zero-order valence-corrected chi connectivity index (χ0v) is 24.5. The van der Waals surface area contributed by atoms with E-state index in [1.807, 2.05) is 20.8 Å². The van der Waals surface area contributed by atoms with Gasteiger partial charge in [0, 0.05) is 58.4 Å². The molecule has 14 heteroatoms. The third-order valence-corrected chi connectivity index (χ3v) is 10.0. The van der Waals surface area contributed by atoms with E-state index in [0.29, 0.717) is 11.3 Å². The number of nitrogens with zero attached hydrogens (tertiary/aromatic N) is 5. The van der Waals surface area contributed by atoms with Gasteiger partial charge in [-0.15, -0.1) is 11.8 Å². The molecule has 0 aliphatic carbocycles. The highest BCUT2D eigenvalue weighted by Gasteiger charge is 2.40. The number of piperazine rings is 1. The number of thioether (sulfide) groups is 1. The summed E-state index contributed by atoms with van der Waals surface area (Å²) in [5.41, 5.74) is 4.61. The maximum absolute atomic E-state index is 14.9. The minimum Gasteiger partial charge on any atom is -0.375 e. The van der Waals surface area contributed by atoms with Crippen LogP contribution in [-0.4, -0.2) is 56.3 Å². The van der Waals surface area contributed by atoms with Crippen molar-refractivity contribution in [2.24, 2.45) is 0 Å². The first-order valence-corrected chi connectivity index (χ1v) is 15.0. The van der Waals surface area contributed by atoms with Crippen LogP contribution in [0.25, 0.3) is 32.2 Å². The number of carbonyl (C=O) groups is 1. The van der Waals surface area contributed by atoms with Gasteiger partial charge in [-0.1, -0.05) is 17.9 Å². The van der Waals surface area contributed by atoms with E-state index in [2.05, 4.69) is 16.5 Å². The molecule has 2 aliphatic heterocycles. The van der Waals surface area contributed by atoms with E-state index in [1.54, 1.807) is 9.80 Å². The highest BCUT2D eigenvalue weighted by atomic mass is 32.2. The summed E-state index contributed by atoms with van der Waals surface area (Å²) in [6, 6.07) is 2.46. The lowest BCUT2D eigenvalue weighted by molar-refractivity contribution is -0.137. The lowest BCUT2D eigenvalue weighted by atomic mass is 9.95. The van der Waals surface area contributed by atoms with Crippen molar-refractivity contribution < 1.29 is 22.4 Å². The van der Waals surface area contributed by atoms with Crippen LogP contribution in [0.4, 0.5) is 28.5 Å². The van der Waals surface area contributed by atoms with Crippen LogP contribution in [0.5, 0.6) is 0 Å². The summed E-state index contributed by atoms with van der Waals surface area (Å²) >= 11 is 2.07. The second-order valence-electron chi connectivity index (χ2n) is 10.6. The first-order chi connectivity index (χ1) is 19.8. The van der Waals surface area contributed by atoms with Gasteiger partial charge < -0.3 is 15.5 Å². The van der Waals surface area contributed by atoms with E-state index in [9.17, 15) is 27.2 Å². The smallest absolute Gasteiger partial charge is 0.375 e. The van der Waals surface area contributed by atoms with Gasteiger partial charge in [-0.05, 0) is 45.0 Å². The number of anilines is 2. The number of fused-ring (bicyclic) bond motifs is 1. The summed E-state index contributed by atoms with van der Waals surface area (Å²) in [7, 11) is 0. The van der Waals surface area contributed by atoms with Crippen molar-refractivity contribution in [3.8, 4) is 11.1 Å². The van der Waals surface area contributed by atoms with Gasteiger partial charge in [-0.2, -0.15) is 18.2 Å². The minimum absolute atomic E-state index is 0.0290. The van der Waals surface area contributed by atoms with Gasteiger partial charge in [0.15, 0.2) is 5.13 Å². The molecule has 0 spiro atoms. The van der Waals surface area contributed by atoms with E-state index in [-0.39, 0.29) is 79.7 Å². The van der Waals surface area contributed by atoms with Gasteiger partial charge in [-0.25, -0.2) is 14.2 Å². The molecule has 4 aromatic rings. The van der Waals surface area contributed by atoms with Gasteiger partial charge in [0.2, 0.25) is 5.91 Å².